The summed E-state index contributed by atoms with van der Waals surface area (Å²) in [6, 6.07) is 29.4. The van der Waals surface area contributed by atoms with Crippen molar-refractivity contribution in [2.24, 2.45) is 0 Å². The number of likely N-dealkylation sites (N-methyl/N-ethyl adjacent to an activating group) is 1. The van der Waals surface area contributed by atoms with Crippen molar-refractivity contribution < 1.29 is 14.0 Å². The Bertz CT molecular complexity index is 1700. The van der Waals surface area contributed by atoms with Gasteiger partial charge >= 0.3 is 0 Å². The number of nitrogens with one attached hydrogen (secondary N) is 1. The van der Waals surface area contributed by atoms with Crippen LogP contribution in [0.2, 0.25) is 0 Å². The van der Waals surface area contributed by atoms with Crippen molar-refractivity contribution in [1.29, 1.82) is 10.5 Å². The molecule has 1 heterocycles. The van der Waals surface area contributed by atoms with Crippen LogP contribution in [0.15, 0.2) is 108 Å². The van der Waals surface area contributed by atoms with Gasteiger partial charge < -0.3 is 19.4 Å². The van der Waals surface area contributed by atoms with E-state index in [1.165, 1.54) is 6.92 Å². The minimum absolute atomic E-state index is 0.0341. The molecule has 3 aromatic carbocycles. The van der Waals surface area contributed by atoms with Gasteiger partial charge in [-0.25, -0.2) is 10.1 Å². The minimum atomic E-state index is -0.151. The van der Waals surface area contributed by atoms with Crippen molar-refractivity contribution in [3.8, 4) is 29.0 Å². The Morgan fingerprint density at radius 1 is 1.00 bits per heavy atom. The molecule has 0 aromatic heterocycles. The second-order valence-electron chi connectivity index (χ2n) is 11.0. The number of quaternary nitrogens is 1. The highest BCUT2D eigenvalue weighted by atomic mass is 16.5. The molecule has 8 nitrogen and oxygen atoms in total. The van der Waals surface area contributed by atoms with Gasteiger partial charge in [-0.2, -0.15) is 5.26 Å². The number of ether oxygens (including phenoxy) is 1. The summed E-state index contributed by atoms with van der Waals surface area (Å²) in [5.41, 5.74) is 4.02. The highest BCUT2D eigenvalue weighted by Crippen LogP contribution is 2.42. The molecule has 0 saturated heterocycles. The maximum atomic E-state index is 11.3. The second-order valence-corrected chi connectivity index (χ2v) is 11.0. The van der Waals surface area contributed by atoms with Crippen molar-refractivity contribution in [2.45, 2.75) is 13.3 Å². The third-order valence-corrected chi connectivity index (χ3v) is 7.37. The molecule has 0 bridgehead atoms. The van der Waals surface area contributed by atoms with E-state index in [1.54, 1.807) is 36.4 Å². The number of rotatable bonds is 11. The fourth-order valence-corrected chi connectivity index (χ4v) is 5.06. The quantitative estimate of drug-likeness (QED) is 0.124. The molecule has 0 aliphatic carbocycles. The number of nitriles is 2. The lowest BCUT2D eigenvalue weighted by Gasteiger charge is -2.30. The summed E-state index contributed by atoms with van der Waals surface area (Å²) < 4.78 is 7.06. The summed E-state index contributed by atoms with van der Waals surface area (Å²) >= 11 is 0. The van der Waals surface area contributed by atoms with Crippen LogP contribution in [-0.2, 0) is 4.79 Å². The predicted octanol–water partition coefficient (Wildman–Crippen LogP) is 6.30. The molecule has 3 aromatic rings. The topological polar surface area (TPSA) is 93.5 Å². The largest absolute Gasteiger partial charge is 0.439 e. The smallest absolute Gasteiger partial charge is 0.270 e. The van der Waals surface area contributed by atoms with Gasteiger partial charge in [0, 0.05) is 31.5 Å². The molecule has 0 fully saturated rings. The number of anilines is 1. The molecule has 220 valence electrons. The van der Waals surface area contributed by atoms with Gasteiger partial charge in [0.1, 0.15) is 0 Å². The molecule has 0 atom stereocenters. The van der Waals surface area contributed by atoms with Gasteiger partial charge in [-0.1, -0.05) is 66.7 Å². The van der Waals surface area contributed by atoms with E-state index >= 15 is 0 Å². The average Bonchev–Trinajstić information content (AvgIpc) is 3.37. The summed E-state index contributed by atoms with van der Waals surface area (Å²) in [7, 11) is 4.29. The van der Waals surface area contributed by atoms with E-state index in [4.69, 9.17) is 11.3 Å². The molecular weight excluding hydrogens is 548 g/mol. The molecule has 0 radical (unpaired) electrons. The van der Waals surface area contributed by atoms with Crippen LogP contribution in [-0.4, -0.2) is 50.7 Å². The van der Waals surface area contributed by atoms with Crippen LogP contribution in [0.4, 0.5) is 5.69 Å². The molecule has 4 rings (SSSR count). The Morgan fingerprint density at radius 2 is 1.70 bits per heavy atom. The van der Waals surface area contributed by atoms with Crippen LogP contribution < -0.4 is 15.0 Å². The summed E-state index contributed by atoms with van der Waals surface area (Å²) in [6.45, 7) is 12.0. The van der Waals surface area contributed by atoms with Crippen LogP contribution in [0.5, 0.6) is 5.75 Å². The Morgan fingerprint density at radius 3 is 2.34 bits per heavy atom. The normalized spacial score (nSPS) is 14.0. The molecular formula is C36H35N6O2+. The van der Waals surface area contributed by atoms with Gasteiger partial charge in [0.05, 0.1) is 63.7 Å². The zero-order valence-electron chi connectivity index (χ0n) is 25.2. The molecule has 0 spiro atoms. The van der Waals surface area contributed by atoms with E-state index in [0.717, 1.165) is 40.8 Å². The first-order valence-electron chi connectivity index (χ1n) is 14.4. The first kappa shape index (κ1) is 31.3. The Labute approximate surface area is 259 Å². The van der Waals surface area contributed by atoms with Gasteiger partial charge in [-0.15, -0.1) is 0 Å². The third-order valence-electron chi connectivity index (χ3n) is 7.37. The first-order valence-corrected chi connectivity index (χ1v) is 14.4. The summed E-state index contributed by atoms with van der Waals surface area (Å²) in [4.78, 5) is 16.8. The fraction of sp³-hybridized carbons (Fsp3) is 0.222. The number of amides is 1. The summed E-state index contributed by atoms with van der Waals surface area (Å²) in [6.07, 6.45) is 4.19. The first-order chi connectivity index (χ1) is 21.3. The molecule has 1 N–H and O–H groups in total. The standard InChI is InChI=1S/C36H34N6O2/c1-27(43)40-20-23-42(3,4)22-11-21-41-33-24-30(28-12-7-5-8-13-28)16-18-34(33)44-35(41)19-17-31(25-37)36(32(26-38)39-2)29-14-9-6-10-15-29/h5-10,12-19,24H,11,20-23H2,1,3-4H3/p+1. The fourth-order valence-electron chi connectivity index (χ4n) is 5.06. The number of nitrogens with zero attached hydrogens (tertiary/aromatic N) is 5. The van der Waals surface area contributed by atoms with E-state index in [0.29, 0.717) is 30.3 Å². The molecule has 0 unspecified atom stereocenters. The second kappa shape index (κ2) is 14.5. The number of hydrogen-bond donors (Lipinski definition) is 1. The molecule has 0 saturated carbocycles. The summed E-state index contributed by atoms with van der Waals surface area (Å²) in [5.74, 6) is 1.23. The number of hydrogen-bond acceptors (Lipinski definition) is 5. The van der Waals surface area contributed by atoms with Crippen molar-refractivity contribution in [3.05, 3.63) is 125 Å². The third kappa shape index (κ3) is 7.81. The Kier molecular flexibility index (Phi) is 10.3. The van der Waals surface area contributed by atoms with Crippen LogP contribution in [0.3, 0.4) is 0 Å². The van der Waals surface area contributed by atoms with Crippen LogP contribution >= 0.6 is 0 Å². The van der Waals surface area contributed by atoms with E-state index in [2.05, 4.69) is 53.4 Å². The maximum absolute atomic E-state index is 11.3. The molecule has 8 heteroatoms. The van der Waals surface area contributed by atoms with Crippen molar-refractivity contribution in [3.63, 3.8) is 0 Å². The number of benzene rings is 3. The lowest BCUT2D eigenvalue weighted by molar-refractivity contribution is -0.889. The zero-order valence-corrected chi connectivity index (χ0v) is 25.2. The molecule has 1 aliphatic rings. The van der Waals surface area contributed by atoms with Gasteiger partial charge in [0.25, 0.3) is 5.70 Å². The monoisotopic (exact) mass is 583 g/mol. The highest BCUT2D eigenvalue weighted by molar-refractivity contribution is 5.88. The number of carbonyl (C=O) groups is 1. The molecule has 1 amide bonds. The Hall–Kier alpha value is -5.62. The van der Waals surface area contributed by atoms with Gasteiger partial charge in [0.15, 0.2) is 5.75 Å². The molecule has 44 heavy (non-hydrogen) atoms. The lowest BCUT2D eigenvalue weighted by atomic mass is 9.96. The van der Waals surface area contributed by atoms with E-state index < -0.39 is 0 Å². The van der Waals surface area contributed by atoms with Gasteiger partial charge in [-0.05, 0) is 34.9 Å². The van der Waals surface area contributed by atoms with Crippen LogP contribution in [0, 0.1) is 29.2 Å². The van der Waals surface area contributed by atoms with Crippen molar-refractivity contribution in [1.82, 2.24) is 5.32 Å². The Balaban J connectivity index is 1.69. The molecule has 1 aliphatic heterocycles. The minimum Gasteiger partial charge on any atom is -0.439 e. The van der Waals surface area contributed by atoms with E-state index in [1.807, 2.05) is 42.5 Å². The zero-order chi connectivity index (χ0) is 31.5. The van der Waals surface area contributed by atoms with Crippen molar-refractivity contribution in [2.75, 3.05) is 45.2 Å². The van der Waals surface area contributed by atoms with Crippen LogP contribution in [0.1, 0.15) is 18.9 Å². The lowest BCUT2D eigenvalue weighted by Crippen LogP contribution is -2.46. The van der Waals surface area contributed by atoms with Crippen molar-refractivity contribution >= 4 is 17.2 Å². The number of fused-ring (bicyclic) bond motifs is 1. The van der Waals surface area contributed by atoms with Crippen LogP contribution in [0.25, 0.3) is 21.5 Å². The van der Waals surface area contributed by atoms with E-state index in [9.17, 15) is 15.3 Å². The van der Waals surface area contributed by atoms with Gasteiger partial charge in [-0.3, -0.25) is 4.79 Å². The number of carbonyl (C=O) groups excluding carboxylic acids is 1. The average molecular weight is 584 g/mol. The summed E-state index contributed by atoms with van der Waals surface area (Å²) in [5, 5.41) is 22.7. The SMILES string of the molecule is [C-]#[N+]C(C#N)=C(C(C#N)=CC=C1Oc2ccc(-c3ccccc3)cc2N1CCC[N+](C)(C)CCNC(C)=O)c1ccccc1. The number of allylic oxidation sites excluding steroid dienone is 5. The predicted molar refractivity (Wildman–Crippen MR) is 172 cm³/mol. The van der Waals surface area contributed by atoms with Gasteiger partial charge in [0.2, 0.25) is 11.8 Å². The highest BCUT2D eigenvalue weighted by Gasteiger charge is 2.27. The maximum Gasteiger partial charge on any atom is 0.270 e. The van der Waals surface area contributed by atoms with E-state index in [-0.39, 0.29) is 22.8 Å².